The molecule has 5 nitrogen and oxygen atoms in total. The summed E-state index contributed by atoms with van der Waals surface area (Å²) >= 11 is 5.96. The van der Waals surface area contributed by atoms with Gasteiger partial charge in [-0.3, -0.25) is 0 Å². The van der Waals surface area contributed by atoms with E-state index in [9.17, 15) is 0 Å². The van der Waals surface area contributed by atoms with Crippen LogP contribution in [0.2, 0.25) is 5.28 Å². The van der Waals surface area contributed by atoms with Gasteiger partial charge in [-0.1, -0.05) is 26.2 Å². The molecule has 1 saturated carbocycles. The largest absolute Gasteiger partial charge is 0.461 e. The lowest BCUT2D eigenvalue weighted by Crippen LogP contribution is -2.31. The van der Waals surface area contributed by atoms with Crippen molar-refractivity contribution in [2.24, 2.45) is 5.92 Å². The van der Waals surface area contributed by atoms with E-state index in [0.29, 0.717) is 17.9 Å². The lowest BCUT2D eigenvalue weighted by Gasteiger charge is -2.30. The van der Waals surface area contributed by atoms with Crippen molar-refractivity contribution in [1.82, 2.24) is 15.0 Å². The zero-order valence-corrected chi connectivity index (χ0v) is 13.9. The molecule has 0 aliphatic heterocycles. The molecule has 118 valence electrons. The zero-order valence-electron chi connectivity index (χ0n) is 13.1. The molecule has 0 saturated heterocycles. The van der Waals surface area contributed by atoms with Crippen molar-refractivity contribution in [3.63, 3.8) is 0 Å². The van der Waals surface area contributed by atoms with Gasteiger partial charge < -0.3 is 10.1 Å². The molecule has 0 amide bonds. The number of rotatable bonds is 6. The van der Waals surface area contributed by atoms with Crippen molar-refractivity contribution < 1.29 is 4.74 Å². The lowest BCUT2D eigenvalue weighted by atomic mass is 9.83. The van der Waals surface area contributed by atoms with E-state index in [1.54, 1.807) is 0 Å². The third-order valence-electron chi connectivity index (χ3n) is 3.90. The van der Waals surface area contributed by atoms with E-state index in [2.05, 4.69) is 27.2 Å². The van der Waals surface area contributed by atoms with E-state index in [4.69, 9.17) is 16.3 Å². The topological polar surface area (TPSA) is 59.9 Å². The molecule has 1 aliphatic rings. The molecule has 1 aromatic heterocycles. The molecule has 1 aliphatic carbocycles. The van der Waals surface area contributed by atoms with E-state index in [-0.39, 0.29) is 17.4 Å². The van der Waals surface area contributed by atoms with Crippen LogP contribution in [0.5, 0.6) is 6.01 Å². The van der Waals surface area contributed by atoms with E-state index in [1.165, 1.54) is 32.1 Å². The van der Waals surface area contributed by atoms with Crippen LogP contribution in [-0.2, 0) is 0 Å². The van der Waals surface area contributed by atoms with Gasteiger partial charge in [0.1, 0.15) is 0 Å². The second-order valence-corrected chi connectivity index (χ2v) is 6.27. The minimum atomic E-state index is 0.0108. The number of ether oxygens (including phenoxy) is 1. The van der Waals surface area contributed by atoms with Crippen molar-refractivity contribution in [2.45, 2.75) is 71.4 Å². The highest BCUT2D eigenvalue weighted by Gasteiger charge is 2.23. The average molecular weight is 313 g/mol. The van der Waals surface area contributed by atoms with Crippen molar-refractivity contribution in [3.8, 4) is 6.01 Å². The Bertz CT molecular complexity index is 449. The molecule has 1 heterocycles. The molecule has 21 heavy (non-hydrogen) atoms. The first-order valence-corrected chi connectivity index (χ1v) is 8.31. The van der Waals surface area contributed by atoms with E-state index in [0.717, 1.165) is 6.42 Å². The summed E-state index contributed by atoms with van der Waals surface area (Å²) in [4.78, 5) is 12.5. The SMILES string of the molecule is CCC(Nc1nc(Cl)nc(OC(C)C)n1)C1CCCCC1. The van der Waals surface area contributed by atoms with Gasteiger partial charge in [0.2, 0.25) is 11.2 Å². The minimum Gasteiger partial charge on any atom is -0.461 e. The molecule has 0 spiro atoms. The predicted molar refractivity (Wildman–Crippen MR) is 84.9 cm³/mol. The molecular formula is C15H25ClN4O. The number of nitrogens with zero attached hydrogens (tertiary/aromatic N) is 3. The zero-order chi connectivity index (χ0) is 15.2. The Morgan fingerprint density at radius 2 is 1.90 bits per heavy atom. The normalized spacial score (nSPS) is 17.8. The molecule has 0 bridgehead atoms. The van der Waals surface area contributed by atoms with Crippen LogP contribution >= 0.6 is 11.6 Å². The summed E-state index contributed by atoms with van der Waals surface area (Å²) in [6.07, 6.45) is 7.62. The lowest BCUT2D eigenvalue weighted by molar-refractivity contribution is 0.221. The quantitative estimate of drug-likeness (QED) is 0.857. The fourth-order valence-electron chi connectivity index (χ4n) is 2.92. The second kappa shape index (κ2) is 7.78. The Balaban J connectivity index is 2.07. The van der Waals surface area contributed by atoms with Crippen molar-refractivity contribution in [1.29, 1.82) is 0 Å². The second-order valence-electron chi connectivity index (χ2n) is 5.93. The third kappa shape index (κ3) is 4.99. The summed E-state index contributed by atoms with van der Waals surface area (Å²) in [6.45, 7) is 6.06. The van der Waals surface area contributed by atoms with Gasteiger partial charge in [-0.05, 0) is 50.6 Å². The fourth-order valence-corrected chi connectivity index (χ4v) is 3.07. The van der Waals surface area contributed by atoms with Crippen LogP contribution in [0.3, 0.4) is 0 Å². The molecular weight excluding hydrogens is 288 g/mol. The van der Waals surface area contributed by atoms with Crippen molar-refractivity contribution in [2.75, 3.05) is 5.32 Å². The highest BCUT2D eigenvalue weighted by Crippen LogP contribution is 2.29. The van der Waals surface area contributed by atoms with Crippen LogP contribution in [0.15, 0.2) is 0 Å². The molecule has 1 unspecified atom stereocenters. The van der Waals surface area contributed by atoms with E-state index < -0.39 is 0 Å². The molecule has 1 atom stereocenters. The van der Waals surface area contributed by atoms with Crippen molar-refractivity contribution in [3.05, 3.63) is 5.28 Å². The summed E-state index contributed by atoms with van der Waals surface area (Å²) in [6, 6.07) is 0.668. The highest BCUT2D eigenvalue weighted by atomic mass is 35.5. The molecule has 0 aromatic carbocycles. The summed E-state index contributed by atoms with van der Waals surface area (Å²) in [5.74, 6) is 1.21. The van der Waals surface area contributed by atoms with Crippen molar-refractivity contribution >= 4 is 17.5 Å². The molecule has 6 heteroatoms. The maximum Gasteiger partial charge on any atom is 0.322 e. The maximum atomic E-state index is 5.96. The Hall–Kier alpha value is -1.10. The van der Waals surface area contributed by atoms with Gasteiger partial charge in [-0.2, -0.15) is 15.0 Å². The van der Waals surface area contributed by atoms with Gasteiger partial charge >= 0.3 is 6.01 Å². The van der Waals surface area contributed by atoms with E-state index >= 15 is 0 Å². The number of anilines is 1. The van der Waals surface area contributed by atoms with Gasteiger partial charge in [0, 0.05) is 6.04 Å². The first kappa shape index (κ1) is 16.3. The van der Waals surface area contributed by atoms with Crippen LogP contribution in [0, 0.1) is 5.92 Å². The maximum absolute atomic E-state index is 5.96. The van der Waals surface area contributed by atoms with Gasteiger partial charge in [-0.15, -0.1) is 0 Å². The number of nitrogens with one attached hydrogen (secondary N) is 1. The predicted octanol–water partition coefficient (Wildman–Crippen LogP) is 4.08. The monoisotopic (exact) mass is 312 g/mol. The Labute approximate surface area is 131 Å². The third-order valence-corrected chi connectivity index (χ3v) is 4.07. The van der Waals surface area contributed by atoms with Gasteiger partial charge in [0.15, 0.2) is 0 Å². The Kier molecular flexibility index (Phi) is 6.03. The van der Waals surface area contributed by atoms with Crippen LogP contribution in [0.4, 0.5) is 5.95 Å². The first-order chi connectivity index (χ1) is 10.1. The standard InChI is InChI=1S/C15H25ClN4O/c1-4-12(11-8-6-5-7-9-11)17-14-18-13(16)19-15(20-14)21-10(2)3/h10-12H,4-9H2,1-3H3,(H,17,18,19,20). The van der Waals surface area contributed by atoms with Crippen LogP contribution in [0.25, 0.3) is 0 Å². The fraction of sp³-hybridized carbons (Fsp3) is 0.800. The van der Waals surface area contributed by atoms with Crippen LogP contribution < -0.4 is 10.1 Å². The Morgan fingerprint density at radius 3 is 2.52 bits per heavy atom. The summed E-state index contributed by atoms with van der Waals surface area (Å²) in [7, 11) is 0. The summed E-state index contributed by atoms with van der Waals surface area (Å²) in [5.41, 5.74) is 0. The molecule has 2 rings (SSSR count). The smallest absolute Gasteiger partial charge is 0.322 e. The van der Waals surface area contributed by atoms with E-state index in [1.807, 2.05) is 13.8 Å². The first-order valence-electron chi connectivity index (χ1n) is 7.93. The number of aromatic nitrogens is 3. The number of hydrogen-bond acceptors (Lipinski definition) is 5. The summed E-state index contributed by atoms with van der Waals surface area (Å²) < 4.78 is 5.51. The molecule has 1 aromatic rings. The van der Waals surface area contributed by atoms with Crippen LogP contribution in [-0.4, -0.2) is 27.1 Å². The molecule has 1 N–H and O–H groups in total. The van der Waals surface area contributed by atoms with Gasteiger partial charge in [-0.25, -0.2) is 0 Å². The highest BCUT2D eigenvalue weighted by molar-refractivity contribution is 6.28. The van der Waals surface area contributed by atoms with Gasteiger partial charge in [0.25, 0.3) is 0 Å². The summed E-state index contributed by atoms with van der Waals surface area (Å²) in [5, 5.41) is 3.59. The number of halogens is 1. The Morgan fingerprint density at radius 1 is 1.19 bits per heavy atom. The minimum absolute atomic E-state index is 0.0108. The molecule has 0 radical (unpaired) electrons. The molecule has 1 fully saturated rings. The van der Waals surface area contributed by atoms with Gasteiger partial charge in [0.05, 0.1) is 6.10 Å². The number of hydrogen-bond donors (Lipinski definition) is 1. The van der Waals surface area contributed by atoms with Crippen LogP contribution in [0.1, 0.15) is 59.3 Å². The average Bonchev–Trinajstić information content (AvgIpc) is 2.44.